The van der Waals surface area contributed by atoms with Gasteiger partial charge in [0.15, 0.2) is 0 Å². The molecule has 40 valence electrons. The predicted octanol–water partition coefficient (Wildman–Crippen LogP) is -4.79. The fourth-order valence-electron chi connectivity index (χ4n) is 0. The second-order valence-electron chi connectivity index (χ2n) is 0.0962. The third kappa shape index (κ3) is 209. The summed E-state index contributed by atoms with van der Waals surface area (Å²) < 4.78 is 8.25. The molecule has 0 atom stereocenters. The van der Waals surface area contributed by atoms with Crippen LogP contribution in [0.2, 0.25) is 0 Å². The van der Waals surface area contributed by atoms with Gasteiger partial charge in [0.25, 0.3) is 0 Å². The second kappa shape index (κ2) is 147. The summed E-state index contributed by atoms with van der Waals surface area (Å²) in [5, 5.41) is 8.25. The van der Waals surface area contributed by atoms with Crippen LogP contribution in [0.4, 0.5) is 0 Å². The molecule has 0 fully saturated rings. The Kier molecular flexibility index (Phi) is 1100. The Bertz CT molecular complexity index is 13.0. The van der Waals surface area contributed by atoms with Crippen LogP contribution < -0.4 is 5.02 Å². The molecule has 6 heteroatoms. The second-order valence-corrected chi connectivity index (χ2v) is 0.0962. The van der Waals surface area contributed by atoms with Crippen molar-refractivity contribution >= 4 is 15.8 Å². The van der Waals surface area contributed by atoms with Gasteiger partial charge in [-0.3, -0.25) is 0 Å². The fourth-order valence-corrected chi connectivity index (χ4v) is 0. The third-order valence-electron chi connectivity index (χ3n) is 0. The third-order valence-corrected chi connectivity index (χ3v) is 0. The van der Waals surface area contributed by atoms with Crippen LogP contribution in [-0.2, 0) is 4.70 Å². The molecule has 0 unspecified atom stereocenters. The first-order chi connectivity index (χ1) is 1.41. The summed E-state index contributed by atoms with van der Waals surface area (Å²) in [5.41, 5.74) is 0. The Morgan fingerprint density at radius 1 is 1.33 bits per heavy atom. The van der Waals surface area contributed by atoms with Crippen molar-refractivity contribution in [2.24, 2.45) is 0 Å². The topological polar surface area (TPSA) is 103 Å². The summed E-state index contributed by atoms with van der Waals surface area (Å²) in [6.45, 7) is 0. The van der Waals surface area contributed by atoms with Crippen LogP contribution in [0.3, 0.4) is 0 Å². The molecule has 0 saturated heterocycles. The maximum Gasteiger partial charge on any atom is -0.0626 e. The molecule has 6 heavy (non-hydrogen) atoms. The van der Waals surface area contributed by atoms with Crippen LogP contribution in [-0.4, -0.2) is 26.7 Å². The maximum atomic E-state index is 8.25. The molecule has 0 aromatic rings. The number of rotatable bonds is 0. The minimum atomic E-state index is -0.500. The predicted molar refractivity (Wildman–Crippen MR) is 25.0 cm³/mol. The molecule has 0 saturated carbocycles. The molecule has 4 nitrogen and oxygen atoms in total. The molecule has 0 heterocycles. The molecule has 0 spiro atoms. The molecule has 0 rings (SSSR count). The summed E-state index contributed by atoms with van der Waals surface area (Å²) in [6, 6.07) is 0. The summed E-state index contributed by atoms with van der Waals surface area (Å²) in [5.74, 6) is 0. The normalized spacial score (nSPS) is 1.33. The van der Waals surface area contributed by atoms with E-state index >= 15 is 0 Å². The van der Waals surface area contributed by atoms with Crippen LogP contribution in [0.25, 0.3) is 0 Å². The van der Waals surface area contributed by atoms with Crippen molar-refractivity contribution < 1.29 is 20.7 Å². The molecule has 0 amide bonds. The van der Waals surface area contributed by atoms with Crippen LogP contribution in [0.5, 0.6) is 0 Å². The van der Waals surface area contributed by atoms with Crippen molar-refractivity contribution in [3.8, 4) is 0 Å². The van der Waals surface area contributed by atoms with E-state index in [-0.39, 0.29) is 19.4 Å². The largest absolute Gasteiger partial charge is 0.0626 e. The van der Waals surface area contributed by atoms with E-state index in [4.69, 9.17) is 9.73 Å². The van der Waals surface area contributed by atoms with Crippen LogP contribution in [0, 0.1) is 0 Å². The van der Waals surface area contributed by atoms with E-state index in [1.165, 1.54) is 0 Å². The summed E-state index contributed by atoms with van der Waals surface area (Å²) in [6.07, 6.45) is 0. The van der Waals surface area contributed by atoms with Gasteiger partial charge >= 0.3 is 17.1 Å². The first-order valence-electron chi connectivity index (χ1n) is 0.471. The Hall–Kier alpha value is -0.350. The molecular weight excluding hydrogens is 85.6 g/mol. The fraction of sp³-hybridized carbons (Fsp3) is 0. The van der Waals surface area contributed by atoms with E-state index in [1.807, 2.05) is 0 Å². The van der Waals surface area contributed by atoms with Gasteiger partial charge in [-0.2, -0.15) is 0 Å². The van der Waals surface area contributed by atoms with Crippen LogP contribution in [0.1, 0.15) is 0 Å². The van der Waals surface area contributed by atoms with E-state index in [0.29, 0.717) is 0 Å². The maximum absolute atomic E-state index is 8.25. The first-order valence-corrected chi connectivity index (χ1v) is 0.471. The zero-order valence-corrected chi connectivity index (χ0v) is 2.39. The van der Waals surface area contributed by atoms with Gasteiger partial charge < -0.3 is 11.0 Å². The van der Waals surface area contributed by atoms with Gasteiger partial charge in [-0.15, -0.1) is 0 Å². The van der Waals surface area contributed by atoms with Gasteiger partial charge in [-0.05, 0) is 0 Å². The van der Waals surface area contributed by atoms with Crippen molar-refractivity contribution in [3.63, 3.8) is 0 Å². The van der Waals surface area contributed by atoms with Crippen molar-refractivity contribution in [2.45, 2.75) is 0 Å². The molecule has 0 aliphatic carbocycles. The van der Waals surface area contributed by atoms with E-state index in [0.717, 1.165) is 0 Å². The monoisotopic (exact) mass is 94.1 g/mol. The van der Waals surface area contributed by atoms with Crippen molar-refractivity contribution in [1.82, 2.24) is 0 Å². The van der Waals surface area contributed by atoms with Gasteiger partial charge in [0.2, 0.25) is 0 Å². The van der Waals surface area contributed by atoms with E-state index in [1.54, 1.807) is 0 Å². The first kappa shape index (κ1) is 44.9. The minimum absolute atomic E-state index is 0. The molecule has 0 aromatic carbocycles. The molecule has 0 radical (unpaired) electrons. The Balaban J connectivity index is -0.00000000667. The Morgan fingerprint density at radius 2 is 1.33 bits per heavy atom. The Labute approximate surface area is 37.7 Å². The molecule has 0 bridgehead atoms. The minimum Gasteiger partial charge on any atom is -0.0626 e. The van der Waals surface area contributed by atoms with Crippen molar-refractivity contribution in [3.05, 3.63) is 0 Å². The molecule has 0 aliphatic heterocycles. The van der Waals surface area contributed by atoms with E-state index in [9.17, 15) is 0 Å². The van der Waals surface area contributed by atoms with E-state index in [2.05, 4.69) is 0 Å². The van der Waals surface area contributed by atoms with Crippen LogP contribution in [0.15, 0.2) is 0 Å². The smallest absolute Gasteiger partial charge is 0.0626 e. The van der Waals surface area contributed by atoms with E-state index < -0.39 is 7.35 Å². The summed E-state index contributed by atoms with van der Waals surface area (Å²) >= 11 is 0. The zero-order chi connectivity index (χ0) is 2.71. The van der Waals surface area contributed by atoms with Crippen molar-refractivity contribution in [1.29, 1.82) is 0 Å². The summed E-state index contributed by atoms with van der Waals surface area (Å²) in [7, 11) is -0.500. The molecular formula is H8B2O4-2. The van der Waals surface area contributed by atoms with Gasteiger partial charge in [-0.1, -0.05) is 8.41 Å². The van der Waals surface area contributed by atoms with Gasteiger partial charge in [-0.25, -0.2) is 0 Å². The van der Waals surface area contributed by atoms with Gasteiger partial charge in [0.05, 0.1) is 0 Å². The molecule has 4 N–H and O–H groups in total. The van der Waals surface area contributed by atoms with Crippen molar-refractivity contribution in [2.75, 3.05) is 0 Å². The zero-order valence-electron chi connectivity index (χ0n) is 2.39. The SMILES string of the molecule is O.O.O=B[O-].[BH4-]. The van der Waals surface area contributed by atoms with Crippen LogP contribution >= 0.6 is 0 Å². The standard InChI is InChI=1S/BO2.BH4.2H2O/c2-1-3;;;/h;1H4;2*1H2/q2*-1;;. The summed E-state index contributed by atoms with van der Waals surface area (Å²) in [4.78, 5) is 0. The van der Waals surface area contributed by atoms with Gasteiger partial charge in [0, 0.05) is 0 Å². The number of hydrogen-bond acceptors (Lipinski definition) is 2. The molecule has 0 aromatic heterocycles. The average molecular weight is 93.7 g/mol. The Morgan fingerprint density at radius 3 is 1.33 bits per heavy atom. The molecule has 0 aliphatic rings. The number of hydrogen-bond donors (Lipinski definition) is 0. The van der Waals surface area contributed by atoms with Gasteiger partial charge in [0.1, 0.15) is 0 Å². The quantitative estimate of drug-likeness (QED) is 0.281. The average Bonchev–Trinajstić information content (AvgIpc) is 0.918.